The molecule has 0 unspecified atom stereocenters. The largest absolute Gasteiger partial charge is 0.303 e. The first-order valence-electron chi connectivity index (χ1n) is 5.89. The Morgan fingerprint density at radius 1 is 1.07 bits per heavy atom. The number of hydrogen-bond acceptors (Lipinski definition) is 1. The molecule has 2 rings (SSSR count). The molecule has 1 fully saturated rings. The van der Waals surface area contributed by atoms with E-state index in [0.29, 0.717) is 0 Å². The topological polar surface area (TPSA) is 3.24 Å². The zero-order valence-corrected chi connectivity index (χ0v) is 9.23. The number of hydrogen-bond donors (Lipinski definition) is 0. The highest BCUT2D eigenvalue weighted by Gasteiger charge is 2.08. The lowest BCUT2D eigenvalue weighted by Crippen LogP contribution is -2.19. The van der Waals surface area contributed by atoms with Gasteiger partial charge in [0, 0.05) is 6.54 Å². The summed E-state index contributed by atoms with van der Waals surface area (Å²) in [5.74, 6) is 0. The van der Waals surface area contributed by atoms with Crippen LogP contribution in [0, 0.1) is 0 Å². The van der Waals surface area contributed by atoms with Crippen molar-refractivity contribution in [2.75, 3.05) is 19.6 Å². The summed E-state index contributed by atoms with van der Waals surface area (Å²) in [4.78, 5) is 2.55. The standard InChI is InChI=1S/C14H19N/c1-2-8-14(9-3-1)10-4-5-11-15-12-6-7-13-15/h1-4,8-10H,5-7,11-13H2. The van der Waals surface area contributed by atoms with Crippen molar-refractivity contribution in [2.24, 2.45) is 0 Å². The Labute approximate surface area is 92.4 Å². The SMILES string of the molecule is C(=Cc1ccccc1)CCN1CCCC1. The van der Waals surface area contributed by atoms with E-state index in [4.69, 9.17) is 0 Å². The summed E-state index contributed by atoms with van der Waals surface area (Å²) in [5.41, 5.74) is 1.30. The predicted molar refractivity (Wildman–Crippen MR) is 65.8 cm³/mol. The van der Waals surface area contributed by atoms with E-state index in [1.54, 1.807) is 0 Å². The van der Waals surface area contributed by atoms with Gasteiger partial charge in [0.2, 0.25) is 0 Å². The van der Waals surface area contributed by atoms with Crippen molar-refractivity contribution in [3.05, 3.63) is 42.0 Å². The maximum Gasteiger partial charge on any atom is 0.00160 e. The van der Waals surface area contributed by atoms with Crippen LogP contribution in [0.4, 0.5) is 0 Å². The van der Waals surface area contributed by atoms with Crippen LogP contribution >= 0.6 is 0 Å². The van der Waals surface area contributed by atoms with Crippen molar-refractivity contribution in [2.45, 2.75) is 19.3 Å². The van der Waals surface area contributed by atoms with Crippen molar-refractivity contribution >= 4 is 6.08 Å². The van der Waals surface area contributed by atoms with Crippen LogP contribution in [0.2, 0.25) is 0 Å². The third-order valence-corrected chi connectivity index (χ3v) is 2.92. The highest BCUT2D eigenvalue weighted by atomic mass is 15.1. The van der Waals surface area contributed by atoms with Crippen LogP contribution < -0.4 is 0 Å². The van der Waals surface area contributed by atoms with Gasteiger partial charge in [0.25, 0.3) is 0 Å². The molecule has 0 amide bonds. The van der Waals surface area contributed by atoms with Crippen LogP contribution in [0.3, 0.4) is 0 Å². The minimum Gasteiger partial charge on any atom is -0.303 e. The second-order valence-corrected chi connectivity index (χ2v) is 4.15. The molecule has 0 N–H and O–H groups in total. The van der Waals surface area contributed by atoms with Gasteiger partial charge in [0.15, 0.2) is 0 Å². The molecule has 1 aliphatic rings. The third kappa shape index (κ3) is 3.52. The maximum atomic E-state index is 2.55. The third-order valence-electron chi connectivity index (χ3n) is 2.92. The highest BCUT2D eigenvalue weighted by Crippen LogP contribution is 2.08. The van der Waals surface area contributed by atoms with E-state index in [9.17, 15) is 0 Å². The van der Waals surface area contributed by atoms with Gasteiger partial charge in [0.05, 0.1) is 0 Å². The van der Waals surface area contributed by atoms with Crippen LogP contribution in [0.1, 0.15) is 24.8 Å². The Hall–Kier alpha value is -1.08. The Bertz CT molecular complexity index is 296. The van der Waals surface area contributed by atoms with Crippen LogP contribution in [0.5, 0.6) is 0 Å². The molecule has 0 bridgehead atoms. The summed E-state index contributed by atoms with van der Waals surface area (Å²) in [6.45, 7) is 3.84. The predicted octanol–water partition coefficient (Wildman–Crippen LogP) is 3.19. The number of nitrogens with zero attached hydrogens (tertiary/aromatic N) is 1. The summed E-state index contributed by atoms with van der Waals surface area (Å²) in [5, 5.41) is 0. The molecule has 1 aromatic carbocycles. The lowest BCUT2D eigenvalue weighted by atomic mass is 10.2. The first-order chi connectivity index (χ1) is 7.45. The molecule has 0 aliphatic carbocycles. The monoisotopic (exact) mass is 201 g/mol. The van der Waals surface area contributed by atoms with Gasteiger partial charge in [-0.1, -0.05) is 42.5 Å². The van der Waals surface area contributed by atoms with Gasteiger partial charge in [-0.3, -0.25) is 0 Å². The van der Waals surface area contributed by atoms with Crippen molar-refractivity contribution in [3.8, 4) is 0 Å². The van der Waals surface area contributed by atoms with Gasteiger partial charge in [-0.25, -0.2) is 0 Å². The normalized spacial score (nSPS) is 17.6. The van der Waals surface area contributed by atoms with Gasteiger partial charge < -0.3 is 4.90 Å². The first kappa shape index (κ1) is 10.4. The van der Waals surface area contributed by atoms with Gasteiger partial charge in [0.1, 0.15) is 0 Å². The zero-order valence-electron chi connectivity index (χ0n) is 9.23. The lowest BCUT2D eigenvalue weighted by molar-refractivity contribution is 0.346. The average Bonchev–Trinajstić information content (AvgIpc) is 2.79. The summed E-state index contributed by atoms with van der Waals surface area (Å²) in [6.07, 6.45) is 8.46. The van der Waals surface area contributed by atoms with Crippen LogP contribution in [0.15, 0.2) is 36.4 Å². The van der Waals surface area contributed by atoms with Crippen molar-refractivity contribution in [3.63, 3.8) is 0 Å². The molecule has 1 nitrogen and oxygen atoms in total. The molecule has 0 saturated carbocycles. The first-order valence-corrected chi connectivity index (χ1v) is 5.89. The van der Waals surface area contributed by atoms with Crippen molar-refractivity contribution in [1.82, 2.24) is 4.90 Å². The smallest absolute Gasteiger partial charge is 0.00160 e. The van der Waals surface area contributed by atoms with Gasteiger partial charge in [-0.15, -0.1) is 0 Å². The van der Waals surface area contributed by atoms with E-state index in [-0.39, 0.29) is 0 Å². The van der Waals surface area contributed by atoms with E-state index in [2.05, 4.69) is 47.4 Å². The molecule has 80 valence electrons. The van der Waals surface area contributed by atoms with Crippen LogP contribution in [-0.4, -0.2) is 24.5 Å². The van der Waals surface area contributed by atoms with E-state index < -0.39 is 0 Å². The molecule has 1 saturated heterocycles. The fraction of sp³-hybridized carbons (Fsp3) is 0.429. The van der Waals surface area contributed by atoms with Gasteiger partial charge in [-0.05, 0) is 37.9 Å². The molecule has 0 atom stereocenters. The number of rotatable bonds is 4. The minimum atomic E-state index is 1.18. The molecule has 0 spiro atoms. The van der Waals surface area contributed by atoms with E-state index >= 15 is 0 Å². The average molecular weight is 201 g/mol. The highest BCUT2D eigenvalue weighted by molar-refractivity contribution is 5.48. The number of benzene rings is 1. The zero-order chi connectivity index (χ0) is 10.3. The summed E-state index contributed by atoms with van der Waals surface area (Å²) in [6, 6.07) is 10.5. The number of likely N-dealkylation sites (tertiary alicyclic amines) is 1. The molecular formula is C14H19N. The fourth-order valence-corrected chi connectivity index (χ4v) is 2.05. The second kappa shape index (κ2) is 5.72. The summed E-state index contributed by atoms with van der Waals surface area (Å²) in [7, 11) is 0. The van der Waals surface area contributed by atoms with E-state index in [1.165, 1.54) is 44.5 Å². The van der Waals surface area contributed by atoms with E-state index in [0.717, 1.165) is 0 Å². The molecule has 0 aromatic heterocycles. The van der Waals surface area contributed by atoms with Gasteiger partial charge >= 0.3 is 0 Å². The molecule has 15 heavy (non-hydrogen) atoms. The van der Waals surface area contributed by atoms with Gasteiger partial charge in [-0.2, -0.15) is 0 Å². The molecule has 1 aromatic rings. The Morgan fingerprint density at radius 3 is 2.53 bits per heavy atom. The molecular weight excluding hydrogens is 182 g/mol. The fourth-order valence-electron chi connectivity index (χ4n) is 2.05. The van der Waals surface area contributed by atoms with Crippen LogP contribution in [0.25, 0.3) is 6.08 Å². The van der Waals surface area contributed by atoms with E-state index in [1.807, 2.05) is 0 Å². The maximum absolute atomic E-state index is 2.55. The van der Waals surface area contributed by atoms with Crippen molar-refractivity contribution < 1.29 is 0 Å². The minimum absolute atomic E-state index is 1.18. The summed E-state index contributed by atoms with van der Waals surface area (Å²) < 4.78 is 0. The van der Waals surface area contributed by atoms with Crippen molar-refractivity contribution in [1.29, 1.82) is 0 Å². The molecule has 1 heterocycles. The Morgan fingerprint density at radius 2 is 1.80 bits per heavy atom. The van der Waals surface area contributed by atoms with Crippen LogP contribution in [-0.2, 0) is 0 Å². The molecule has 0 radical (unpaired) electrons. The Balaban J connectivity index is 1.71. The molecule has 1 aliphatic heterocycles. The lowest BCUT2D eigenvalue weighted by Gasteiger charge is -2.11. The summed E-state index contributed by atoms with van der Waals surface area (Å²) >= 11 is 0. The molecule has 1 heteroatoms. The second-order valence-electron chi connectivity index (χ2n) is 4.15. The Kier molecular flexibility index (Phi) is 3.98. The quantitative estimate of drug-likeness (QED) is 0.723.